The normalized spacial score (nSPS) is 12.0. The number of nitrogens with zero attached hydrogens (tertiary/aromatic N) is 6. The minimum absolute atomic E-state index is 0. The maximum Gasteiger partial charge on any atom is 1.00 e. The standard InChI is InChI=1S/C28H20N6O9S2.2Na/c35-25-12-11-24(33-31-18-3-1-17(2-4-18)29-30-19-5-8-21(9-6-19)44(38,39)40)28(37)27(25)34-32-20-7-10-23-16(13-20)14-22(15-26(23)36)45(41,42)43;;/h1-15,35-37H,(H,38,39,40)(H,41,42,43);;/q;2*+1/p-2. The molecule has 3 N–H and O–H groups in total. The molecule has 5 aromatic carbocycles. The van der Waals surface area contributed by atoms with E-state index < -0.39 is 42.4 Å². The summed E-state index contributed by atoms with van der Waals surface area (Å²) in [6, 6.07) is 19.9. The molecule has 0 fully saturated rings. The summed E-state index contributed by atoms with van der Waals surface area (Å²) in [6.07, 6.45) is 0. The van der Waals surface area contributed by atoms with Gasteiger partial charge >= 0.3 is 59.1 Å². The Kier molecular flexibility index (Phi) is 12.5. The Morgan fingerprint density at radius 2 is 0.979 bits per heavy atom. The van der Waals surface area contributed by atoms with Crippen molar-refractivity contribution in [1.82, 2.24) is 0 Å². The molecule has 228 valence electrons. The van der Waals surface area contributed by atoms with Gasteiger partial charge in [-0.1, -0.05) is 0 Å². The van der Waals surface area contributed by atoms with Crippen LogP contribution in [0.5, 0.6) is 17.2 Å². The van der Waals surface area contributed by atoms with Crippen LogP contribution >= 0.6 is 0 Å². The Balaban J connectivity index is 0.00000300. The molecule has 0 heterocycles. The van der Waals surface area contributed by atoms with Gasteiger partial charge in [0, 0.05) is 5.39 Å². The Morgan fingerprint density at radius 1 is 0.489 bits per heavy atom. The summed E-state index contributed by atoms with van der Waals surface area (Å²) in [4.78, 5) is -1.01. The Morgan fingerprint density at radius 3 is 1.53 bits per heavy atom. The van der Waals surface area contributed by atoms with Crippen LogP contribution in [-0.2, 0) is 20.2 Å². The van der Waals surface area contributed by atoms with Crippen LogP contribution in [0.1, 0.15) is 0 Å². The summed E-state index contributed by atoms with van der Waals surface area (Å²) in [5, 5.41) is 55.3. The van der Waals surface area contributed by atoms with Gasteiger partial charge in [0.1, 0.15) is 37.4 Å². The molecule has 0 radical (unpaired) electrons. The monoisotopic (exact) mass is 692 g/mol. The zero-order valence-corrected chi connectivity index (χ0v) is 30.1. The second kappa shape index (κ2) is 15.5. The molecule has 5 rings (SSSR count). The Labute approximate surface area is 311 Å². The van der Waals surface area contributed by atoms with Gasteiger partial charge in [-0.25, -0.2) is 16.8 Å². The van der Waals surface area contributed by atoms with Crippen LogP contribution in [0, 0.1) is 0 Å². The number of benzene rings is 5. The first-order chi connectivity index (χ1) is 21.3. The molecule has 0 atom stereocenters. The zero-order chi connectivity index (χ0) is 32.4. The Hall–Kier alpha value is -3.62. The number of hydrogen-bond donors (Lipinski definition) is 3. The van der Waals surface area contributed by atoms with E-state index in [1.54, 1.807) is 24.3 Å². The van der Waals surface area contributed by atoms with Crippen LogP contribution in [0.25, 0.3) is 10.8 Å². The van der Waals surface area contributed by atoms with Crippen molar-refractivity contribution >= 4 is 65.1 Å². The molecule has 0 unspecified atom stereocenters. The minimum Gasteiger partial charge on any atom is -0.744 e. The molecule has 0 spiro atoms. The van der Waals surface area contributed by atoms with Gasteiger partial charge in [-0.15, -0.1) is 10.2 Å². The Bertz CT molecular complexity index is 2250. The fourth-order valence-electron chi connectivity index (χ4n) is 3.85. The van der Waals surface area contributed by atoms with Gasteiger partial charge in [-0.3, -0.25) is 0 Å². The van der Waals surface area contributed by atoms with Gasteiger partial charge in [0.2, 0.25) is 0 Å². The van der Waals surface area contributed by atoms with Crippen LogP contribution in [0.15, 0.2) is 131 Å². The first-order valence-electron chi connectivity index (χ1n) is 12.5. The molecule has 19 heteroatoms. The molecule has 0 saturated carbocycles. The van der Waals surface area contributed by atoms with Gasteiger partial charge in [-0.05, 0) is 96.4 Å². The van der Waals surface area contributed by atoms with E-state index in [2.05, 4.69) is 30.7 Å². The van der Waals surface area contributed by atoms with Gasteiger partial charge < -0.3 is 24.4 Å². The second-order valence-corrected chi connectivity index (χ2v) is 11.9. The van der Waals surface area contributed by atoms with Crippen LogP contribution in [0.2, 0.25) is 0 Å². The molecule has 0 bridgehead atoms. The van der Waals surface area contributed by atoms with E-state index in [9.17, 15) is 41.3 Å². The van der Waals surface area contributed by atoms with E-state index in [0.717, 1.165) is 24.3 Å². The summed E-state index contributed by atoms with van der Waals surface area (Å²) in [5.74, 6) is -1.38. The summed E-state index contributed by atoms with van der Waals surface area (Å²) in [7, 11) is -9.39. The van der Waals surface area contributed by atoms with Crippen molar-refractivity contribution in [2.24, 2.45) is 30.7 Å². The fraction of sp³-hybridized carbons (Fsp3) is 0. The summed E-state index contributed by atoms with van der Waals surface area (Å²) < 4.78 is 67.2. The van der Waals surface area contributed by atoms with E-state index in [0.29, 0.717) is 17.1 Å². The third-order valence-electron chi connectivity index (χ3n) is 6.08. The molecule has 0 amide bonds. The van der Waals surface area contributed by atoms with Gasteiger partial charge in [0.15, 0.2) is 11.4 Å². The summed E-state index contributed by atoms with van der Waals surface area (Å²) >= 11 is 0. The number of fused-ring (bicyclic) bond motifs is 1. The van der Waals surface area contributed by atoms with Crippen LogP contribution in [0.3, 0.4) is 0 Å². The maximum absolute atomic E-state index is 11.4. The molecule has 47 heavy (non-hydrogen) atoms. The van der Waals surface area contributed by atoms with E-state index in [-0.39, 0.29) is 91.8 Å². The second-order valence-electron chi connectivity index (χ2n) is 9.17. The molecule has 5 aromatic rings. The average molecular weight is 693 g/mol. The molecule has 0 aliphatic rings. The smallest absolute Gasteiger partial charge is 0.744 e. The molecule has 0 saturated heterocycles. The maximum atomic E-state index is 11.4. The van der Waals surface area contributed by atoms with Gasteiger partial charge in [0.25, 0.3) is 0 Å². The van der Waals surface area contributed by atoms with Crippen LogP contribution in [0.4, 0.5) is 34.1 Å². The largest absolute Gasteiger partial charge is 1.00 e. The SMILES string of the molecule is O=S(=O)([O-])c1ccc(N=Nc2ccc(N=Nc3ccc(O)c(N=Nc4ccc5c(O)cc(S(=O)(=O)[O-])cc5c4)c3O)cc2)cc1.[Na+].[Na+]. The molecule has 15 nitrogen and oxygen atoms in total. The first kappa shape index (κ1) is 37.8. The molecular formula is C28H18N6Na2O9S2. The van der Waals surface area contributed by atoms with Crippen molar-refractivity contribution in [3.8, 4) is 17.2 Å². The van der Waals surface area contributed by atoms with E-state index >= 15 is 0 Å². The van der Waals surface area contributed by atoms with Crippen LogP contribution in [-0.4, -0.2) is 41.3 Å². The molecule has 0 aromatic heterocycles. The number of azo groups is 3. The van der Waals surface area contributed by atoms with Gasteiger partial charge in [0.05, 0.1) is 32.5 Å². The third-order valence-corrected chi connectivity index (χ3v) is 7.74. The van der Waals surface area contributed by atoms with Crippen molar-refractivity contribution in [3.05, 3.63) is 91.0 Å². The number of phenolic OH excluding ortho intramolecular Hbond substituents is 3. The van der Waals surface area contributed by atoms with E-state index in [1.165, 1.54) is 42.5 Å². The first-order valence-corrected chi connectivity index (χ1v) is 15.3. The van der Waals surface area contributed by atoms with E-state index in [4.69, 9.17) is 0 Å². The topological polar surface area (TPSA) is 249 Å². The van der Waals surface area contributed by atoms with Crippen molar-refractivity contribution in [2.75, 3.05) is 0 Å². The quantitative estimate of drug-likeness (QED) is 0.119. The van der Waals surface area contributed by atoms with Crippen molar-refractivity contribution in [1.29, 1.82) is 0 Å². The zero-order valence-electron chi connectivity index (χ0n) is 24.5. The molecule has 0 aliphatic heterocycles. The summed E-state index contributed by atoms with van der Waals surface area (Å²) in [5.41, 5.74) is 0.890. The summed E-state index contributed by atoms with van der Waals surface area (Å²) in [6.45, 7) is 0. The molecular weight excluding hydrogens is 674 g/mol. The number of aromatic hydroxyl groups is 3. The third kappa shape index (κ3) is 9.48. The minimum atomic E-state index is -4.83. The number of hydrogen-bond acceptors (Lipinski definition) is 15. The van der Waals surface area contributed by atoms with Gasteiger partial charge in [-0.2, -0.15) is 20.5 Å². The number of phenols is 3. The molecule has 0 aliphatic carbocycles. The predicted octanol–water partition coefficient (Wildman–Crippen LogP) is 1.02. The predicted molar refractivity (Wildman–Crippen MR) is 157 cm³/mol. The van der Waals surface area contributed by atoms with E-state index in [1.807, 2.05) is 0 Å². The van der Waals surface area contributed by atoms with Crippen LogP contribution < -0.4 is 59.1 Å². The van der Waals surface area contributed by atoms with Crippen molar-refractivity contribution in [3.63, 3.8) is 0 Å². The van der Waals surface area contributed by atoms with Crippen molar-refractivity contribution in [2.45, 2.75) is 9.79 Å². The average Bonchev–Trinajstić information content (AvgIpc) is 2.99. The number of rotatable bonds is 8. The fourth-order valence-corrected chi connectivity index (χ4v) is 4.85. The van der Waals surface area contributed by atoms with Crippen molar-refractivity contribution < 1.29 is 100 Å².